The molecule has 0 aromatic heterocycles. The highest BCUT2D eigenvalue weighted by Crippen LogP contribution is 2.32. The number of alkyl halides is 3. The minimum atomic E-state index is -4.93. The van der Waals surface area contributed by atoms with Gasteiger partial charge >= 0.3 is 6.18 Å². The molecule has 0 bridgehead atoms. The van der Waals surface area contributed by atoms with Crippen molar-refractivity contribution in [1.29, 1.82) is 0 Å². The summed E-state index contributed by atoms with van der Waals surface area (Å²) in [7, 11) is 0. The monoisotopic (exact) mass is 339 g/mol. The topological polar surface area (TPSA) is 41.6 Å². The van der Waals surface area contributed by atoms with Crippen LogP contribution in [-0.2, 0) is 12.7 Å². The smallest absolute Gasteiger partial charge is 0.370 e. The van der Waals surface area contributed by atoms with Crippen LogP contribution in [0.25, 0.3) is 0 Å². The number of nitrogens with two attached hydrogens (primary N) is 1. The van der Waals surface area contributed by atoms with Crippen LogP contribution in [0, 0.1) is 11.6 Å². The van der Waals surface area contributed by atoms with Gasteiger partial charge in [0.05, 0.1) is 12.1 Å². The summed E-state index contributed by atoms with van der Waals surface area (Å²) in [5.41, 5.74) is 3.86. The lowest BCUT2D eigenvalue weighted by atomic mass is 10.1. The SMILES string of the molecule is NC(=NCc1cc(F)c(C(F)(F)F)cc1F)N1CCSCC1. The first-order valence-electron chi connectivity index (χ1n) is 6.47. The largest absolute Gasteiger partial charge is 0.419 e. The number of hydrogen-bond donors (Lipinski definition) is 1. The molecule has 0 spiro atoms. The van der Waals surface area contributed by atoms with Crippen molar-refractivity contribution in [3.05, 3.63) is 34.9 Å². The predicted octanol–water partition coefficient (Wildman–Crippen LogP) is 2.85. The third-order valence-electron chi connectivity index (χ3n) is 3.19. The van der Waals surface area contributed by atoms with E-state index in [-0.39, 0.29) is 24.1 Å². The van der Waals surface area contributed by atoms with Gasteiger partial charge in [-0.25, -0.2) is 13.8 Å². The Bertz CT molecular complexity index is 568. The zero-order chi connectivity index (χ0) is 16.3. The second-order valence-electron chi connectivity index (χ2n) is 4.70. The average molecular weight is 339 g/mol. The molecule has 1 aromatic rings. The zero-order valence-electron chi connectivity index (χ0n) is 11.5. The van der Waals surface area contributed by atoms with Gasteiger partial charge < -0.3 is 10.6 Å². The van der Waals surface area contributed by atoms with Gasteiger partial charge in [-0.3, -0.25) is 0 Å². The van der Waals surface area contributed by atoms with Gasteiger partial charge in [0, 0.05) is 30.2 Å². The van der Waals surface area contributed by atoms with E-state index < -0.39 is 23.4 Å². The summed E-state index contributed by atoms with van der Waals surface area (Å²) in [5.74, 6) is -0.717. The van der Waals surface area contributed by atoms with E-state index in [9.17, 15) is 22.0 Å². The lowest BCUT2D eigenvalue weighted by Crippen LogP contribution is -2.42. The second kappa shape index (κ2) is 6.72. The minimum absolute atomic E-state index is 0.147. The number of guanidine groups is 1. The molecular formula is C13H14F5N3S. The van der Waals surface area contributed by atoms with Crippen molar-refractivity contribution < 1.29 is 22.0 Å². The normalized spacial score (nSPS) is 17.0. The Morgan fingerprint density at radius 2 is 1.82 bits per heavy atom. The molecule has 0 atom stereocenters. The number of rotatable bonds is 2. The molecule has 122 valence electrons. The fourth-order valence-corrected chi connectivity index (χ4v) is 2.89. The molecule has 0 unspecified atom stereocenters. The van der Waals surface area contributed by atoms with Crippen molar-refractivity contribution in [3.63, 3.8) is 0 Å². The van der Waals surface area contributed by atoms with Crippen molar-refractivity contribution in [2.45, 2.75) is 12.7 Å². The Kier molecular flexibility index (Phi) is 5.15. The Morgan fingerprint density at radius 1 is 1.18 bits per heavy atom. The van der Waals surface area contributed by atoms with Crippen molar-refractivity contribution in [2.24, 2.45) is 10.7 Å². The molecule has 3 nitrogen and oxygen atoms in total. The standard InChI is InChI=1S/C13H14F5N3S/c14-10-6-9(13(16,17)18)11(15)5-8(10)7-20-12(19)21-1-3-22-4-2-21/h5-6H,1-4,7H2,(H2,19,20). The maximum absolute atomic E-state index is 13.7. The fraction of sp³-hybridized carbons (Fsp3) is 0.462. The van der Waals surface area contributed by atoms with Gasteiger partial charge in [0.25, 0.3) is 0 Å². The van der Waals surface area contributed by atoms with Crippen molar-refractivity contribution in [3.8, 4) is 0 Å². The molecule has 1 aliphatic heterocycles. The van der Waals surface area contributed by atoms with E-state index in [0.717, 1.165) is 11.5 Å². The van der Waals surface area contributed by atoms with Crippen LogP contribution in [0.15, 0.2) is 17.1 Å². The van der Waals surface area contributed by atoms with Crippen LogP contribution in [0.5, 0.6) is 0 Å². The van der Waals surface area contributed by atoms with Crippen molar-refractivity contribution >= 4 is 17.7 Å². The number of aliphatic imine (C=N–C) groups is 1. The quantitative estimate of drug-likeness (QED) is 0.512. The summed E-state index contributed by atoms with van der Waals surface area (Å²) >= 11 is 1.77. The summed E-state index contributed by atoms with van der Waals surface area (Å²) in [6, 6.07) is 0.662. The summed E-state index contributed by atoms with van der Waals surface area (Å²) in [5, 5.41) is 0. The number of hydrogen-bond acceptors (Lipinski definition) is 2. The van der Waals surface area contributed by atoms with Crippen LogP contribution in [0.3, 0.4) is 0 Å². The minimum Gasteiger partial charge on any atom is -0.370 e. The van der Waals surface area contributed by atoms with E-state index in [1.54, 1.807) is 16.7 Å². The number of halogens is 5. The molecule has 1 aliphatic rings. The van der Waals surface area contributed by atoms with E-state index >= 15 is 0 Å². The van der Waals surface area contributed by atoms with Gasteiger partial charge in [-0.1, -0.05) is 0 Å². The van der Waals surface area contributed by atoms with Crippen LogP contribution < -0.4 is 5.73 Å². The van der Waals surface area contributed by atoms with E-state index in [1.165, 1.54) is 0 Å². The molecule has 0 aliphatic carbocycles. The third kappa shape index (κ3) is 4.02. The first kappa shape index (κ1) is 16.9. The summed E-state index contributed by atoms with van der Waals surface area (Å²) in [4.78, 5) is 5.74. The third-order valence-corrected chi connectivity index (χ3v) is 4.13. The first-order valence-corrected chi connectivity index (χ1v) is 7.62. The molecule has 0 amide bonds. The summed E-state index contributed by atoms with van der Waals surface area (Å²) in [6.45, 7) is 1.09. The van der Waals surface area contributed by atoms with E-state index in [1.807, 2.05) is 0 Å². The molecule has 1 saturated heterocycles. The molecule has 0 radical (unpaired) electrons. The van der Waals surface area contributed by atoms with Gasteiger partial charge in [0.2, 0.25) is 0 Å². The molecule has 9 heteroatoms. The predicted molar refractivity (Wildman–Crippen MR) is 75.6 cm³/mol. The fourth-order valence-electron chi connectivity index (χ4n) is 1.99. The number of thioether (sulfide) groups is 1. The number of benzene rings is 1. The highest BCUT2D eigenvalue weighted by molar-refractivity contribution is 7.99. The Hall–Kier alpha value is -1.51. The molecule has 1 aromatic carbocycles. The summed E-state index contributed by atoms with van der Waals surface area (Å²) < 4.78 is 64.4. The Balaban J connectivity index is 2.14. The molecule has 2 rings (SSSR count). The second-order valence-corrected chi connectivity index (χ2v) is 5.92. The molecule has 1 heterocycles. The maximum Gasteiger partial charge on any atom is 0.419 e. The van der Waals surface area contributed by atoms with Gasteiger partial charge in [-0.15, -0.1) is 0 Å². The highest BCUT2D eigenvalue weighted by Gasteiger charge is 2.35. The molecule has 22 heavy (non-hydrogen) atoms. The van der Waals surface area contributed by atoms with Gasteiger partial charge in [-0.05, 0) is 12.1 Å². The molecular weight excluding hydrogens is 325 g/mol. The van der Waals surface area contributed by atoms with Crippen molar-refractivity contribution in [2.75, 3.05) is 24.6 Å². The van der Waals surface area contributed by atoms with E-state index in [4.69, 9.17) is 5.73 Å². The molecule has 0 saturated carbocycles. The van der Waals surface area contributed by atoms with Crippen LogP contribution in [0.1, 0.15) is 11.1 Å². The van der Waals surface area contributed by atoms with Crippen LogP contribution in [0.2, 0.25) is 0 Å². The van der Waals surface area contributed by atoms with E-state index in [0.29, 0.717) is 19.2 Å². The maximum atomic E-state index is 13.7. The molecule has 1 fully saturated rings. The van der Waals surface area contributed by atoms with Gasteiger partial charge in [0.15, 0.2) is 5.96 Å². The Morgan fingerprint density at radius 3 is 2.41 bits per heavy atom. The van der Waals surface area contributed by atoms with Crippen LogP contribution >= 0.6 is 11.8 Å². The summed E-state index contributed by atoms with van der Waals surface area (Å²) in [6.07, 6.45) is -4.93. The Labute approximate surface area is 128 Å². The molecule has 2 N–H and O–H groups in total. The highest BCUT2D eigenvalue weighted by atomic mass is 32.2. The van der Waals surface area contributed by atoms with Crippen molar-refractivity contribution in [1.82, 2.24) is 4.90 Å². The first-order chi connectivity index (χ1) is 10.3. The zero-order valence-corrected chi connectivity index (χ0v) is 12.3. The van der Waals surface area contributed by atoms with E-state index in [2.05, 4.69) is 4.99 Å². The van der Waals surface area contributed by atoms with Crippen LogP contribution in [-0.4, -0.2) is 35.5 Å². The lowest BCUT2D eigenvalue weighted by Gasteiger charge is -2.27. The average Bonchev–Trinajstić information content (AvgIpc) is 2.47. The van der Waals surface area contributed by atoms with Gasteiger partial charge in [0.1, 0.15) is 11.6 Å². The van der Waals surface area contributed by atoms with Crippen LogP contribution in [0.4, 0.5) is 22.0 Å². The van der Waals surface area contributed by atoms with Gasteiger partial charge in [-0.2, -0.15) is 24.9 Å². The number of nitrogens with zero attached hydrogens (tertiary/aromatic N) is 2. The lowest BCUT2D eigenvalue weighted by molar-refractivity contribution is -0.140.